The van der Waals surface area contributed by atoms with E-state index in [1.807, 2.05) is 0 Å². The van der Waals surface area contributed by atoms with Gasteiger partial charge in [0.1, 0.15) is 0 Å². The zero-order valence-corrected chi connectivity index (χ0v) is 22.2. The first kappa shape index (κ1) is 23.0. The minimum absolute atomic E-state index is 0.449. The van der Waals surface area contributed by atoms with Crippen LogP contribution in [0.5, 0.6) is 0 Å². The average molecular weight is 509 g/mol. The maximum absolute atomic E-state index is 2.36. The predicted octanol–water partition coefficient (Wildman–Crippen LogP) is 9.29. The monoisotopic (exact) mass is 508 g/mol. The van der Waals surface area contributed by atoms with Crippen LogP contribution in [0.15, 0.2) is 170 Å². The molecule has 0 aromatic heterocycles. The zero-order valence-electron chi connectivity index (χ0n) is 22.2. The molecule has 0 saturated carbocycles. The van der Waals surface area contributed by atoms with Crippen molar-refractivity contribution in [2.24, 2.45) is 0 Å². The van der Waals surface area contributed by atoms with Gasteiger partial charge in [0.05, 0.1) is 10.8 Å². The molecule has 0 unspecified atom stereocenters. The summed E-state index contributed by atoms with van der Waals surface area (Å²) in [4.78, 5) is 0. The van der Waals surface area contributed by atoms with E-state index in [0.29, 0.717) is 0 Å². The van der Waals surface area contributed by atoms with E-state index in [0.717, 1.165) is 0 Å². The molecule has 40 heavy (non-hydrogen) atoms. The highest BCUT2D eigenvalue weighted by Crippen LogP contribution is 2.69. The van der Waals surface area contributed by atoms with Gasteiger partial charge in [-0.2, -0.15) is 0 Å². The van der Waals surface area contributed by atoms with Gasteiger partial charge < -0.3 is 0 Å². The Morgan fingerprint density at radius 1 is 0.250 bits per heavy atom. The minimum Gasteiger partial charge on any atom is -0.0622 e. The second-order valence-electron chi connectivity index (χ2n) is 10.8. The molecule has 0 atom stereocenters. The number of rotatable bonds is 4. The summed E-state index contributed by atoms with van der Waals surface area (Å²) in [6.07, 6.45) is 0. The van der Waals surface area contributed by atoms with Crippen molar-refractivity contribution >= 4 is 11.1 Å². The van der Waals surface area contributed by atoms with Crippen LogP contribution in [-0.4, -0.2) is 0 Å². The normalized spacial score (nSPS) is 15.8. The molecular formula is C40H28. The van der Waals surface area contributed by atoms with Crippen molar-refractivity contribution in [3.63, 3.8) is 0 Å². The summed E-state index contributed by atoms with van der Waals surface area (Å²) in [7, 11) is 0. The Bertz CT molecular complexity index is 1640. The molecule has 6 aromatic rings. The predicted molar refractivity (Wildman–Crippen MR) is 165 cm³/mol. The Morgan fingerprint density at radius 3 is 0.800 bits per heavy atom. The topological polar surface area (TPSA) is 0 Å². The van der Waals surface area contributed by atoms with Gasteiger partial charge in [0.2, 0.25) is 0 Å². The van der Waals surface area contributed by atoms with Crippen LogP contribution in [0.4, 0.5) is 0 Å². The van der Waals surface area contributed by atoms with Crippen LogP contribution in [0.3, 0.4) is 0 Å². The van der Waals surface area contributed by atoms with Gasteiger partial charge >= 0.3 is 0 Å². The summed E-state index contributed by atoms with van der Waals surface area (Å²) in [5, 5.41) is 0. The summed E-state index contributed by atoms with van der Waals surface area (Å²) >= 11 is 0. The third kappa shape index (κ3) is 2.86. The van der Waals surface area contributed by atoms with Crippen LogP contribution in [0.1, 0.15) is 44.5 Å². The second-order valence-corrected chi connectivity index (χ2v) is 10.8. The fourth-order valence-electron chi connectivity index (χ4n) is 7.66. The first-order chi connectivity index (χ1) is 19.9. The molecule has 0 aliphatic heterocycles. The highest BCUT2D eigenvalue weighted by atomic mass is 14.6. The van der Waals surface area contributed by atoms with Gasteiger partial charge in [0, 0.05) is 0 Å². The summed E-state index contributed by atoms with van der Waals surface area (Å²) in [6, 6.07) is 62.7. The smallest absolute Gasteiger partial charge is 0.0622 e. The van der Waals surface area contributed by atoms with E-state index >= 15 is 0 Å². The Morgan fingerprint density at radius 2 is 0.500 bits per heavy atom. The van der Waals surface area contributed by atoms with E-state index in [1.54, 1.807) is 0 Å². The molecule has 0 radical (unpaired) electrons. The second kappa shape index (κ2) is 8.79. The van der Waals surface area contributed by atoms with Gasteiger partial charge in [0.15, 0.2) is 0 Å². The number of hydrogen-bond donors (Lipinski definition) is 0. The minimum atomic E-state index is -0.449. The summed E-state index contributed by atoms with van der Waals surface area (Å²) in [5.41, 5.74) is 12.4. The van der Waals surface area contributed by atoms with Crippen molar-refractivity contribution in [2.75, 3.05) is 0 Å². The van der Waals surface area contributed by atoms with Crippen molar-refractivity contribution in [2.45, 2.75) is 10.8 Å². The molecule has 0 heteroatoms. The fourth-order valence-corrected chi connectivity index (χ4v) is 7.66. The highest BCUT2D eigenvalue weighted by molar-refractivity contribution is 6.15. The van der Waals surface area contributed by atoms with Crippen molar-refractivity contribution < 1.29 is 0 Å². The molecular weight excluding hydrogens is 480 g/mol. The van der Waals surface area contributed by atoms with Crippen LogP contribution >= 0.6 is 0 Å². The maximum Gasteiger partial charge on any atom is 0.0716 e. The first-order valence-electron chi connectivity index (χ1n) is 14.0. The third-order valence-electron chi connectivity index (χ3n) is 9.03. The van der Waals surface area contributed by atoms with Gasteiger partial charge in [-0.1, -0.05) is 170 Å². The maximum atomic E-state index is 2.36. The van der Waals surface area contributed by atoms with Crippen LogP contribution in [-0.2, 0) is 10.8 Å². The number of allylic oxidation sites excluding steroid dienone is 2. The standard InChI is InChI=1S/C40H28/c1-5-17-29(18-6-1)39(30-19-7-2-8-20-30)35-27-15-13-25-33(35)38-37(39)34-26-14-16-28-36(34)40(38,31-21-9-3-10-22-31)32-23-11-4-12-24-32/h1-28H. The number of hydrogen-bond acceptors (Lipinski definition) is 0. The first-order valence-corrected chi connectivity index (χ1v) is 14.0. The van der Waals surface area contributed by atoms with Gasteiger partial charge in [-0.05, 0) is 55.7 Å². The highest BCUT2D eigenvalue weighted by Gasteiger charge is 2.59. The lowest BCUT2D eigenvalue weighted by atomic mass is 9.64. The molecule has 0 saturated heterocycles. The van der Waals surface area contributed by atoms with Gasteiger partial charge in [-0.15, -0.1) is 0 Å². The third-order valence-corrected chi connectivity index (χ3v) is 9.03. The molecule has 0 fully saturated rings. The Labute approximate surface area is 235 Å². The molecule has 188 valence electrons. The Hall–Kier alpha value is -4.94. The quantitative estimate of drug-likeness (QED) is 0.223. The largest absolute Gasteiger partial charge is 0.0716 e. The number of fused-ring (bicyclic) bond motifs is 4. The molecule has 0 spiro atoms. The lowest BCUT2D eigenvalue weighted by Crippen LogP contribution is -2.30. The zero-order chi connectivity index (χ0) is 26.6. The van der Waals surface area contributed by atoms with Crippen LogP contribution in [0, 0.1) is 0 Å². The van der Waals surface area contributed by atoms with Gasteiger partial charge in [-0.3, -0.25) is 0 Å². The summed E-state index contributed by atoms with van der Waals surface area (Å²) in [5.74, 6) is 0. The van der Waals surface area contributed by atoms with Crippen molar-refractivity contribution in [3.05, 3.63) is 214 Å². The molecule has 0 nitrogen and oxygen atoms in total. The molecule has 2 aliphatic carbocycles. The van der Waals surface area contributed by atoms with E-state index in [2.05, 4.69) is 170 Å². The fraction of sp³-hybridized carbons (Fsp3) is 0.0500. The molecule has 0 N–H and O–H groups in total. The summed E-state index contributed by atoms with van der Waals surface area (Å²) in [6.45, 7) is 0. The van der Waals surface area contributed by atoms with Crippen molar-refractivity contribution in [1.82, 2.24) is 0 Å². The lowest BCUT2D eigenvalue weighted by molar-refractivity contribution is 0.800. The Kier molecular flexibility index (Phi) is 5.06. The summed E-state index contributed by atoms with van der Waals surface area (Å²) < 4.78 is 0. The van der Waals surface area contributed by atoms with Crippen molar-refractivity contribution in [1.29, 1.82) is 0 Å². The van der Waals surface area contributed by atoms with Crippen molar-refractivity contribution in [3.8, 4) is 0 Å². The Balaban J connectivity index is 1.64. The SMILES string of the molecule is c1ccc(C2(c3ccccc3)C3=C(c4ccccc42)C(c2ccccc2)(c2ccccc2)c2ccccc23)cc1. The van der Waals surface area contributed by atoms with Crippen LogP contribution < -0.4 is 0 Å². The van der Waals surface area contributed by atoms with E-state index in [-0.39, 0.29) is 0 Å². The lowest BCUT2D eigenvalue weighted by Gasteiger charge is -2.37. The van der Waals surface area contributed by atoms with Crippen LogP contribution in [0.25, 0.3) is 11.1 Å². The molecule has 6 aromatic carbocycles. The van der Waals surface area contributed by atoms with Gasteiger partial charge in [-0.25, -0.2) is 0 Å². The van der Waals surface area contributed by atoms with Crippen LogP contribution in [0.2, 0.25) is 0 Å². The van der Waals surface area contributed by atoms with E-state index in [4.69, 9.17) is 0 Å². The molecule has 8 rings (SSSR count). The molecule has 0 amide bonds. The molecule has 0 heterocycles. The molecule has 0 bridgehead atoms. The number of benzene rings is 6. The molecule has 2 aliphatic rings. The van der Waals surface area contributed by atoms with Gasteiger partial charge in [0.25, 0.3) is 0 Å². The average Bonchev–Trinajstić information content (AvgIpc) is 3.53. The van der Waals surface area contributed by atoms with E-state index in [9.17, 15) is 0 Å². The van der Waals surface area contributed by atoms with E-state index < -0.39 is 10.8 Å². The van der Waals surface area contributed by atoms with E-state index in [1.165, 1.54) is 55.7 Å².